The van der Waals surface area contributed by atoms with Crippen LogP contribution in [0.15, 0.2) is 30.3 Å². The molecule has 0 bridgehead atoms. The van der Waals surface area contributed by atoms with Crippen molar-refractivity contribution in [3.8, 4) is 0 Å². The van der Waals surface area contributed by atoms with Crippen molar-refractivity contribution in [3.05, 3.63) is 53.1 Å². The molecular weight excluding hydrogens is 349 g/mol. The largest absolute Gasteiger partial charge is 0.481 e. The van der Waals surface area contributed by atoms with Gasteiger partial charge in [-0.15, -0.1) is 0 Å². The van der Waals surface area contributed by atoms with Crippen LogP contribution in [0.4, 0.5) is 4.39 Å². The first kappa shape index (κ1) is 19.1. The number of benzene rings is 1. The van der Waals surface area contributed by atoms with Gasteiger partial charge in [0, 0.05) is 37.7 Å². The molecule has 1 aromatic heterocycles. The van der Waals surface area contributed by atoms with Gasteiger partial charge in [-0.2, -0.15) is 5.10 Å². The highest BCUT2D eigenvalue weighted by atomic mass is 19.1. The van der Waals surface area contributed by atoms with E-state index in [1.807, 2.05) is 24.6 Å². The Bertz CT molecular complexity index is 849. The number of aliphatic carboxylic acids is 1. The van der Waals surface area contributed by atoms with E-state index in [1.54, 1.807) is 17.0 Å². The second-order valence-corrected chi connectivity index (χ2v) is 7.16. The Labute approximate surface area is 157 Å². The summed E-state index contributed by atoms with van der Waals surface area (Å²) in [6.07, 6.45) is 0.972. The van der Waals surface area contributed by atoms with E-state index < -0.39 is 23.6 Å². The molecule has 0 spiro atoms. The van der Waals surface area contributed by atoms with Gasteiger partial charge in [0.2, 0.25) is 5.91 Å². The Morgan fingerprint density at radius 3 is 2.67 bits per heavy atom. The van der Waals surface area contributed by atoms with Crippen LogP contribution in [0.3, 0.4) is 0 Å². The highest BCUT2D eigenvalue weighted by Gasteiger charge is 2.40. The lowest BCUT2D eigenvalue weighted by atomic mass is 9.89. The van der Waals surface area contributed by atoms with Crippen LogP contribution in [-0.4, -0.2) is 44.8 Å². The average Bonchev–Trinajstić information content (AvgIpc) is 3.18. The third-order valence-electron chi connectivity index (χ3n) is 5.13. The summed E-state index contributed by atoms with van der Waals surface area (Å²) >= 11 is 0. The molecule has 0 saturated carbocycles. The number of nitrogens with zero attached hydrogens (tertiary/aromatic N) is 3. The number of hydrogen-bond acceptors (Lipinski definition) is 3. The van der Waals surface area contributed by atoms with Crippen LogP contribution in [0.25, 0.3) is 0 Å². The molecule has 1 aliphatic heterocycles. The predicted octanol–water partition coefficient (Wildman–Crippen LogP) is 2.75. The number of amides is 1. The third kappa shape index (κ3) is 4.35. The predicted molar refractivity (Wildman–Crippen MR) is 97.8 cm³/mol. The van der Waals surface area contributed by atoms with Crippen LogP contribution in [0.1, 0.15) is 35.7 Å². The van der Waals surface area contributed by atoms with Crippen LogP contribution >= 0.6 is 0 Å². The number of halogens is 1. The number of hydrogen-bond donors (Lipinski definition) is 1. The second kappa shape index (κ2) is 7.90. The van der Waals surface area contributed by atoms with Crippen molar-refractivity contribution >= 4 is 11.9 Å². The monoisotopic (exact) mass is 373 g/mol. The summed E-state index contributed by atoms with van der Waals surface area (Å²) in [5, 5.41) is 13.9. The summed E-state index contributed by atoms with van der Waals surface area (Å²) in [5.74, 6) is -2.53. The van der Waals surface area contributed by atoms with E-state index in [4.69, 9.17) is 0 Å². The van der Waals surface area contributed by atoms with E-state index in [1.165, 1.54) is 12.1 Å². The fourth-order valence-corrected chi connectivity index (χ4v) is 3.77. The molecule has 7 heteroatoms. The lowest BCUT2D eigenvalue weighted by molar-refractivity contribution is -0.141. The first-order chi connectivity index (χ1) is 12.8. The van der Waals surface area contributed by atoms with E-state index in [2.05, 4.69) is 5.10 Å². The van der Waals surface area contributed by atoms with Gasteiger partial charge in [0.15, 0.2) is 0 Å². The molecule has 144 valence electrons. The van der Waals surface area contributed by atoms with E-state index in [-0.39, 0.29) is 12.5 Å². The van der Waals surface area contributed by atoms with Crippen LogP contribution in [0.5, 0.6) is 0 Å². The minimum absolute atomic E-state index is 0.0679. The Hall–Kier alpha value is -2.70. The van der Waals surface area contributed by atoms with Crippen molar-refractivity contribution in [2.75, 3.05) is 13.1 Å². The minimum atomic E-state index is -0.956. The van der Waals surface area contributed by atoms with Crippen LogP contribution < -0.4 is 0 Å². The lowest BCUT2D eigenvalue weighted by Crippen LogP contribution is -2.29. The van der Waals surface area contributed by atoms with Crippen molar-refractivity contribution in [1.29, 1.82) is 0 Å². The molecule has 1 aromatic carbocycles. The van der Waals surface area contributed by atoms with Gasteiger partial charge in [-0.05, 0) is 44.0 Å². The number of aromatic nitrogens is 2. The first-order valence-corrected chi connectivity index (χ1v) is 9.12. The Balaban J connectivity index is 1.62. The maximum atomic E-state index is 13.5. The number of carbonyl (C=O) groups is 2. The van der Waals surface area contributed by atoms with Gasteiger partial charge < -0.3 is 10.0 Å². The molecule has 1 saturated heterocycles. The molecule has 1 aliphatic rings. The number of likely N-dealkylation sites (tertiary alicyclic amines) is 1. The van der Waals surface area contributed by atoms with E-state index >= 15 is 0 Å². The molecule has 2 atom stereocenters. The summed E-state index contributed by atoms with van der Waals surface area (Å²) in [5.41, 5.74) is 2.62. The van der Waals surface area contributed by atoms with Gasteiger partial charge in [0.25, 0.3) is 0 Å². The summed E-state index contributed by atoms with van der Waals surface area (Å²) in [7, 11) is 0. The highest BCUT2D eigenvalue weighted by molar-refractivity contribution is 5.79. The lowest BCUT2D eigenvalue weighted by Gasteiger charge is -2.17. The van der Waals surface area contributed by atoms with Crippen LogP contribution in [-0.2, 0) is 16.1 Å². The smallest absolute Gasteiger partial charge is 0.308 e. The zero-order chi connectivity index (χ0) is 19.6. The van der Waals surface area contributed by atoms with Gasteiger partial charge in [0.05, 0.1) is 11.6 Å². The maximum Gasteiger partial charge on any atom is 0.308 e. The number of carboxylic acid groups (broad SMARTS) is 1. The molecule has 1 N–H and O–H groups in total. The van der Waals surface area contributed by atoms with Gasteiger partial charge in [0.1, 0.15) is 5.82 Å². The van der Waals surface area contributed by atoms with Crippen molar-refractivity contribution in [1.82, 2.24) is 14.7 Å². The van der Waals surface area contributed by atoms with Crippen molar-refractivity contribution in [3.63, 3.8) is 0 Å². The second-order valence-electron chi connectivity index (χ2n) is 7.16. The van der Waals surface area contributed by atoms with E-state index in [9.17, 15) is 19.1 Å². The zero-order valence-electron chi connectivity index (χ0n) is 15.6. The topological polar surface area (TPSA) is 75.4 Å². The summed E-state index contributed by atoms with van der Waals surface area (Å²) in [6, 6.07) is 7.97. The summed E-state index contributed by atoms with van der Waals surface area (Å²) in [4.78, 5) is 25.8. The molecule has 2 heterocycles. The van der Waals surface area contributed by atoms with Crippen molar-refractivity contribution < 1.29 is 19.1 Å². The van der Waals surface area contributed by atoms with Crippen LogP contribution in [0.2, 0.25) is 0 Å². The molecule has 1 fully saturated rings. The van der Waals surface area contributed by atoms with E-state index in [0.29, 0.717) is 31.5 Å². The number of rotatable bonds is 6. The molecular formula is C20H24FN3O3. The molecule has 0 unspecified atom stereocenters. The van der Waals surface area contributed by atoms with Gasteiger partial charge in [-0.25, -0.2) is 4.39 Å². The molecule has 1 amide bonds. The molecule has 6 nitrogen and oxygen atoms in total. The maximum absolute atomic E-state index is 13.5. The van der Waals surface area contributed by atoms with E-state index in [0.717, 1.165) is 11.4 Å². The Morgan fingerprint density at radius 1 is 1.26 bits per heavy atom. The van der Waals surface area contributed by atoms with Gasteiger partial charge >= 0.3 is 5.97 Å². The fourth-order valence-electron chi connectivity index (χ4n) is 3.77. The SMILES string of the molecule is Cc1cc(C)n(CCCC(=O)N2C[C@@H](C(=O)O)[C@H](c3cccc(F)c3)C2)n1. The molecule has 2 aromatic rings. The standard InChI is InChI=1S/C20H24FN3O3/c1-13-9-14(2)24(22-13)8-4-7-19(25)23-11-17(18(12-23)20(26)27)15-5-3-6-16(21)10-15/h3,5-6,9-10,17-18H,4,7-8,11-12H2,1-2H3,(H,26,27)/t17-,18+/m0/s1. The number of aryl methyl sites for hydroxylation is 3. The number of carboxylic acids is 1. The molecule has 3 rings (SSSR count). The minimum Gasteiger partial charge on any atom is -0.481 e. The quantitative estimate of drug-likeness (QED) is 0.845. The van der Waals surface area contributed by atoms with Crippen LogP contribution in [0, 0.1) is 25.6 Å². The fraction of sp³-hybridized carbons (Fsp3) is 0.450. The van der Waals surface area contributed by atoms with Crippen molar-refractivity contribution in [2.45, 2.75) is 39.2 Å². The Morgan fingerprint density at radius 2 is 2.04 bits per heavy atom. The van der Waals surface area contributed by atoms with Gasteiger partial charge in [-0.1, -0.05) is 12.1 Å². The van der Waals surface area contributed by atoms with Crippen molar-refractivity contribution in [2.24, 2.45) is 5.92 Å². The highest BCUT2D eigenvalue weighted by Crippen LogP contribution is 2.33. The Kier molecular flexibility index (Phi) is 5.58. The third-order valence-corrected chi connectivity index (χ3v) is 5.13. The van der Waals surface area contributed by atoms with Gasteiger partial charge in [-0.3, -0.25) is 14.3 Å². The molecule has 27 heavy (non-hydrogen) atoms. The zero-order valence-corrected chi connectivity index (χ0v) is 15.6. The molecule has 0 radical (unpaired) electrons. The average molecular weight is 373 g/mol. The molecule has 0 aliphatic carbocycles. The first-order valence-electron chi connectivity index (χ1n) is 9.12. The summed E-state index contributed by atoms with van der Waals surface area (Å²) < 4.78 is 15.4. The normalized spacial score (nSPS) is 19.4. The summed E-state index contributed by atoms with van der Waals surface area (Å²) in [6.45, 7) is 5.02. The number of carbonyl (C=O) groups excluding carboxylic acids is 1.